The number of anilines is 1. The minimum Gasteiger partial charge on any atom is -0.368 e. The summed E-state index contributed by atoms with van der Waals surface area (Å²) < 4.78 is 0. The molecule has 0 atom stereocenters. The molecular weight excluding hydrogens is 364 g/mol. The van der Waals surface area contributed by atoms with Gasteiger partial charge in [-0.25, -0.2) is 4.98 Å². The highest BCUT2D eigenvalue weighted by Crippen LogP contribution is 2.60. The highest BCUT2D eigenvalue weighted by atomic mass is 16.2. The largest absolute Gasteiger partial charge is 0.368 e. The first-order chi connectivity index (χ1) is 14.1. The lowest BCUT2D eigenvalue weighted by Gasteiger charge is -2.55. The molecule has 4 aliphatic carbocycles. The Morgan fingerprint density at radius 3 is 2.14 bits per heavy atom. The number of nitrogens with zero attached hydrogens (tertiary/aromatic N) is 2. The van der Waals surface area contributed by atoms with E-state index in [0.29, 0.717) is 13.0 Å². The third kappa shape index (κ3) is 3.74. The van der Waals surface area contributed by atoms with Crippen LogP contribution in [-0.2, 0) is 9.59 Å². The Labute approximate surface area is 173 Å². The van der Waals surface area contributed by atoms with Crippen LogP contribution in [0, 0.1) is 23.2 Å². The Bertz CT molecular complexity index is 722. The maximum absolute atomic E-state index is 13.0. The molecule has 5 aliphatic rings. The Morgan fingerprint density at radius 1 is 0.966 bits per heavy atom. The van der Waals surface area contributed by atoms with E-state index in [4.69, 9.17) is 0 Å². The number of piperazine rings is 1. The van der Waals surface area contributed by atoms with Gasteiger partial charge in [-0.15, -0.1) is 0 Å². The van der Waals surface area contributed by atoms with Gasteiger partial charge in [0.2, 0.25) is 11.8 Å². The highest BCUT2D eigenvalue weighted by molar-refractivity contribution is 5.84. The second-order valence-corrected chi connectivity index (χ2v) is 9.83. The Hall–Kier alpha value is -2.11. The molecule has 0 unspecified atom stereocenters. The molecule has 1 aromatic heterocycles. The zero-order valence-electron chi connectivity index (χ0n) is 17.2. The number of rotatable bonds is 5. The number of aromatic nitrogens is 1. The van der Waals surface area contributed by atoms with Gasteiger partial charge in [0.1, 0.15) is 0 Å². The summed E-state index contributed by atoms with van der Waals surface area (Å²) in [5, 5.41) is 3.14. The second kappa shape index (κ2) is 7.62. The highest BCUT2D eigenvalue weighted by Gasteiger charge is 2.54. The molecule has 0 spiro atoms. The van der Waals surface area contributed by atoms with E-state index in [1.165, 1.54) is 24.9 Å². The predicted octanol–water partition coefficient (Wildman–Crippen LogP) is 1.87. The number of H-pyrrole nitrogens is 1. The van der Waals surface area contributed by atoms with E-state index >= 15 is 0 Å². The van der Waals surface area contributed by atoms with Gasteiger partial charge in [0.25, 0.3) is 0 Å². The van der Waals surface area contributed by atoms with Crippen molar-refractivity contribution in [2.24, 2.45) is 23.2 Å². The van der Waals surface area contributed by atoms with E-state index < -0.39 is 0 Å². The summed E-state index contributed by atoms with van der Waals surface area (Å²) in [5.74, 6) is 2.71. The lowest BCUT2D eigenvalue weighted by atomic mass is 9.49. The fraction of sp³-hybridized carbons (Fsp3) is 0.696. The van der Waals surface area contributed by atoms with Crippen molar-refractivity contribution in [3.8, 4) is 0 Å². The fourth-order valence-corrected chi connectivity index (χ4v) is 6.82. The molecule has 2 heterocycles. The lowest BCUT2D eigenvalue weighted by Crippen LogP contribution is -2.54. The molecule has 6 heteroatoms. The van der Waals surface area contributed by atoms with Gasteiger partial charge in [-0.3, -0.25) is 9.59 Å². The molecule has 1 saturated heterocycles. The molecule has 0 radical (unpaired) electrons. The smallest absolute Gasteiger partial charge is 0.226 e. The zero-order chi connectivity index (χ0) is 19.8. The maximum Gasteiger partial charge on any atom is 0.226 e. The molecular formula is C23H33N4O2+. The minimum atomic E-state index is -0.115. The van der Waals surface area contributed by atoms with Gasteiger partial charge in [0, 0.05) is 62.4 Å². The van der Waals surface area contributed by atoms with Gasteiger partial charge < -0.3 is 15.1 Å². The Balaban J connectivity index is 1.08. The molecule has 1 aliphatic heterocycles. The first kappa shape index (κ1) is 18.9. The number of aromatic amines is 1. The van der Waals surface area contributed by atoms with Crippen molar-refractivity contribution < 1.29 is 14.6 Å². The Kier molecular flexibility index (Phi) is 4.96. The summed E-state index contributed by atoms with van der Waals surface area (Å²) in [7, 11) is 0. The fourth-order valence-electron chi connectivity index (χ4n) is 6.82. The van der Waals surface area contributed by atoms with Crippen molar-refractivity contribution in [2.45, 2.75) is 44.9 Å². The van der Waals surface area contributed by atoms with Crippen LogP contribution < -0.4 is 15.2 Å². The molecule has 2 amide bonds. The average Bonchev–Trinajstić information content (AvgIpc) is 2.73. The van der Waals surface area contributed by atoms with E-state index in [1.807, 2.05) is 17.3 Å². The van der Waals surface area contributed by atoms with Crippen molar-refractivity contribution in [1.29, 1.82) is 0 Å². The molecule has 6 nitrogen and oxygen atoms in total. The van der Waals surface area contributed by atoms with E-state index in [1.54, 1.807) is 0 Å². The van der Waals surface area contributed by atoms with Crippen molar-refractivity contribution in [3.63, 3.8) is 0 Å². The topological polar surface area (TPSA) is 66.8 Å². The second-order valence-electron chi connectivity index (χ2n) is 9.83. The van der Waals surface area contributed by atoms with Crippen LogP contribution in [0.2, 0.25) is 0 Å². The molecule has 6 rings (SSSR count). The van der Waals surface area contributed by atoms with E-state index in [-0.39, 0.29) is 17.2 Å². The summed E-state index contributed by atoms with van der Waals surface area (Å²) in [6, 6.07) is 4.13. The van der Waals surface area contributed by atoms with Gasteiger partial charge in [-0.05, 0) is 56.3 Å². The molecule has 29 heavy (non-hydrogen) atoms. The molecule has 5 fully saturated rings. The zero-order valence-corrected chi connectivity index (χ0v) is 17.2. The molecule has 156 valence electrons. The third-order valence-corrected chi connectivity index (χ3v) is 7.84. The standard InChI is InChI=1S/C23H32N4O2/c28-21(27-9-7-26(8-10-27)20-1-4-24-5-2-20)3-6-25-22(29)23-14-17-11-18(15-23)13-19(12-17)16-23/h1-2,4-5,17-19H,3,6-16H2,(H,25,29)/p+1. The van der Waals surface area contributed by atoms with Crippen LogP contribution in [0.3, 0.4) is 0 Å². The third-order valence-electron chi connectivity index (χ3n) is 7.84. The number of amides is 2. The summed E-state index contributed by atoms with van der Waals surface area (Å²) >= 11 is 0. The van der Waals surface area contributed by atoms with Gasteiger partial charge >= 0.3 is 0 Å². The van der Waals surface area contributed by atoms with Crippen LogP contribution in [-0.4, -0.2) is 49.4 Å². The quantitative estimate of drug-likeness (QED) is 0.825. The molecule has 4 bridgehead atoms. The first-order valence-electron chi connectivity index (χ1n) is 11.4. The van der Waals surface area contributed by atoms with Crippen LogP contribution in [0.1, 0.15) is 44.9 Å². The number of hydrogen-bond donors (Lipinski definition) is 1. The van der Waals surface area contributed by atoms with Crippen LogP contribution in [0.4, 0.5) is 5.69 Å². The number of pyridine rings is 1. The predicted molar refractivity (Wildman–Crippen MR) is 110 cm³/mol. The van der Waals surface area contributed by atoms with E-state index in [9.17, 15) is 9.59 Å². The van der Waals surface area contributed by atoms with E-state index in [0.717, 1.165) is 63.2 Å². The number of carbonyl (C=O) groups excluding carboxylic acids is 2. The first-order valence-corrected chi connectivity index (χ1v) is 11.4. The average molecular weight is 398 g/mol. The van der Waals surface area contributed by atoms with Gasteiger partial charge in [-0.2, -0.15) is 0 Å². The molecule has 0 aromatic carbocycles. The molecule has 1 aromatic rings. The number of nitrogens with one attached hydrogen (secondary N) is 2. The van der Waals surface area contributed by atoms with Crippen molar-refractivity contribution in [3.05, 3.63) is 24.5 Å². The van der Waals surface area contributed by atoms with Gasteiger partial charge in [-0.1, -0.05) is 0 Å². The van der Waals surface area contributed by atoms with Crippen LogP contribution >= 0.6 is 0 Å². The van der Waals surface area contributed by atoms with Crippen LogP contribution in [0.15, 0.2) is 24.5 Å². The summed E-state index contributed by atoms with van der Waals surface area (Å²) in [4.78, 5) is 32.9. The summed E-state index contributed by atoms with van der Waals surface area (Å²) in [6.07, 6.45) is 11.6. The van der Waals surface area contributed by atoms with Crippen molar-refractivity contribution >= 4 is 17.5 Å². The van der Waals surface area contributed by atoms with Crippen molar-refractivity contribution in [1.82, 2.24) is 10.2 Å². The minimum absolute atomic E-state index is 0.115. The van der Waals surface area contributed by atoms with Gasteiger partial charge in [0.15, 0.2) is 12.4 Å². The monoisotopic (exact) mass is 397 g/mol. The summed E-state index contributed by atoms with van der Waals surface area (Å²) in [5.41, 5.74) is 1.08. The Morgan fingerprint density at radius 2 is 1.55 bits per heavy atom. The number of hydrogen-bond acceptors (Lipinski definition) is 3. The van der Waals surface area contributed by atoms with E-state index in [2.05, 4.69) is 27.3 Å². The number of carbonyl (C=O) groups is 2. The maximum atomic E-state index is 13.0. The molecule has 4 saturated carbocycles. The lowest BCUT2D eigenvalue weighted by molar-refractivity contribution is -0.377. The van der Waals surface area contributed by atoms with Gasteiger partial charge in [0.05, 0.1) is 0 Å². The summed E-state index contributed by atoms with van der Waals surface area (Å²) in [6.45, 7) is 3.69. The van der Waals surface area contributed by atoms with Crippen molar-refractivity contribution in [2.75, 3.05) is 37.6 Å². The van der Waals surface area contributed by atoms with Crippen LogP contribution in [0.5, 0.6) is 0 Å². The SMILES string of the molecule is O=C(CCNC(=O)C12CC3CC(CC(C3)C1)C2)N1CCN(c2cc[nH+]cc2)CC1. The normalized spacial score (nSPS) is 33.0. The molecule has 2 N–H and O–H groups in total. The van der Waals surface area contributed by atoms with Crippen LogP contribution in [0.25, 0.3) is 0 Å².